The van der Waals surface area contributed by atoms with Crippen molar-refractivity contribution < 1.29 is 0 Å². The Hall–Kier alpha value is -0.0800. The van der Waals surface area contributed by atoms with Crippen molar-refractivity contribution in [2.45, 2.75) is 58.9 Å². The quantitative estimate of drug-likeness (QED) is 0.723. The Bertz CT molecular complexity index is 178. The van der Waals surface area contributed by atoms with Crippen LogP contribution in [0.5, 0.6) is 0 Å². The van der Waals surface area contributed by atoms with E-state index in [1.54, 1.807) is 0 Å². The van der Waals surface area contributed by atoms with E-state index in [2.05, 4.69) is 25.7 Å². The van der Waals surface area contributed by atoms with Crippen molar-refractivity contribution in [1.82, 2.24) is 4.90 Å². The molecule has 0 heterocycles. The predicted molar refractivity (Wildman–Crippen MR) is 71.5 cm³/mol. The first-order valence-corrected chi connectivity index (χ1v) is 7.20. The Balaban J connectivity index is 2.52. The fourth-order valence-electron chi connectivity index (χ4n) is 3.15. The molecule has 2 N–H and O–H groups in total. The first kappa shape index (κ1) is 14.0. The molecule has 1 fully saturated rings. The summed E-state index contributed by atoms with van der Waals surface area (Å²) >= 11 is 0. The van der Waals surface area contributed by atoms with Crippen LogP contribution in [0.1, 0.15) is 52.9 Å². The molecule has 2 unspecified atom stereocenters. The van der Waals surface area contributed by atoms with Gasteiger partial charge in [-0.25, -0.2) is 0 Å². The average molecular weight is 226 g/mol. The van der Waals surface area contributed by atoms with E-state index in [0.29, 0.717) is 0 Å². The molecule has 2 atom stereocenters. The first-order chi connectivity index (χ1) is 7.76. The molecule has 1 aliphatic rings. The van der Waals surface area contributed by atoms with Crippen LogP contribution in [-0.2, 0) is 0 Å². The Morgan fingerprint density at radius 1 is 1.19 bits per heavy atom. The van der Waals surface area contributed by atoms with Gasteiger partial charge in [0, 0.05) is 12.6 Å². The minimum absolute atomic E-state index is 0.759. The number of nitrogens with zero attached hydrogens (tertiary/aromatic N) is 1. The summed E-state index contributed by atoms with van der Waals surface area (Å²) < 4.78 is 0. The number of hydrogen-bond acceptors (Lipinski definition) is 2. The summed E-state index contributed by atoms with van der Waals surface area (Å²) in [7, 11) is 0. The Morgan fingerprint density at radius 3 is 2.38 bits per heavy atom. The van der Waals surface area contributed by atoms with Gasteiger partial charge in [0.2, 0.25) is 0 Å². The molecule has 1 aliphatic carbocycles. The number of rotatable bonds is 7. The van der Waals surface area contributed by atoms with Crippen molar-refractivity contribution in [3.05, 3.63) is 0 Å². The molecule has 1 rings (SSSR count). The Kier molecular flexibility index (Phi) is 6.37. The molecule has 0 aromatic rings. The van der Waals surface area contributed by atoms with Crippen LogP contribution in [0.15, 0.2) is 0 Å². The molecule has 16 heavy (non-hydrogen) atoms. The van der Waals surface area contributed by atoms with Crippen LogP contribution in [0, 0.1) is 11.8 Å². The van der Waals surface area contributed by atoms with Gasteiger partial charge in [0.05, 0.1) is 0 Å². The van der Waals surface area contributed by atoms with Crippen LogP contribution in [0.3, 0.4) is 0 Å². The maximum absolute atomic E-state index is 5.89. The highest BCUT2D eigenvalue weighted by Crippen LogP contribution is 2.30. The minimum Gasteiger partial charge on any atom is -0.330 e. The van der Waals surface area contributed by atoms with E-state index in [-0.39, 0.29) is 0 Å². The fourth-order valence-corrected chi connectivity index (χ4v) is 3.15. The van der Waals surface area contributed by atoms with Gasteiger partial charge in [0.25, 0.3) is 0 Å². The number of hydrogen-bond donors (Lipinski definition) is 1. The second kappa shape index (κ2) is 7.29. The van der Waals surface area contributed by atoms with Crippen molar-refractivity contribution in [2.75, 3.05) is 19.6 Å². The zero-order valence-electron chi connectivity index (χ0n) is 11.4. The second-order valence-corrected chi connectivity index (χ2v) is 5.26. The van der Waals surface area contributed by atoms with Gasteiger partial charge in [-0.2, -0.15) is 0 Å². The van der Waals surface area contributed by atoms with Gasteiger partial charge in [-0.3, -0.25) is 0 Å². The molecule has 0 spiro atoms. The van der Waals surface area contributed by atoms with Crippen molar-refractivity contribution in [1.29, 1.82) is 0 Å². The summed E-state index contributed by atoms with van der Waals surface area (Å²) in [4.78, 5) is 2.70. The van der Waals surface area contributed by atoms with Crippen molar-refractivity contribution in [2.24, 2.45) is 17.6 Å². The Morgan fingerprint density at radius 2 is 1.88 bits per heavy atom. The molecule has 2 heteroatoms. The van der Waals surface area contributed by atoms with E-state index in [0.717, 1.165) is 24.4 Å². The lowest BCUT2D eigenvalue weighted by atomic mass is 9.98. The molecule has 0 saturated heterocycles. The maximum atomic E-state index is 5.89. The summed E-state index contributed by atoms with van der Waals surface area (Å²) in [5, 5.41) is 0. The van der Waals surface area contributed by atoms with E-state index < -0.39 is 0 Å². The number of nitrogens with two attached hydrogens (primary N) is 1. The molecular formula is C14H30N2. The molecule has 0 amide bonds. The van der Waals surface area contributed by atoms with Gasteiger partial charge in [-0.1, -0.05) is 40.0 Å². The van der Waals surface area contributed by atoms with Crippen LogP contribution in [-0.4, -0.2) is 30.6 Å². The zero-order valence-corrected chi connectivity index (χ0v) is 11.4. The lowest BCUT2D eigenvalue weighted by Gasteiger charge is -2.34. The minimum atomic E-state index is 0.759. The highest BCUT2D eigenvalue weighted by atomic mass is 15.2. The van der Waals surface area contributed by atoms with Crippen LogP contribution < -0.4 is 5.73 Å². The molecule has 0 radical (unpaired) electrons. The van der Waals surface area contributed by atoms with E-state index in [1.807, 2.05) is 0 Å². The summed E-state index contributed by atoms with van der Waals surface area (Å²) in [6.07, 6.45) is 6.72. The Labute approximate surface area is 102 Å². The summed E-state index contributed by atoms with van der Waals surface area (Å²) in [6.45, 7) is 10.3. The SMILES string of the molecule is CCC(CC)CN(CC)C1CCCC1CN. The van der Waals surface area contributed by atoms with Gasteiger partial charge in [-0.05, 0) is 37.8 Å². The van der Waals surface area contributed by atoms with Crippen molar-refractivity contribution in [3.8, 4) is 0 Å². The van der Waals surface area contributed by atoms with E-state index in [1.165, 1.54) is 45.2 Å². The molecule has 0 aromatic heterocycles. The second-order valence-electron chi connectivity index (χ2n) is 5.26. The topological polar surface area (TPSA) is 29.3 Å². The normalized spacial score (nSPS) is 25.9. The summed E-state index contributed by atoms with van der Waals surface area (Å²) in [5.74, 6) is 1.63. The smallest absolute Gasteiger partial charge is 0.0135 e. The molecule has 2 nitrogen and oxygen atoms in total. The fraction of sp³-hybridized carbons (Fsp3) is 1.00. The third-order valence-electron chi connectivity index (χ3n) is 4.44. The average Bonchev–Trinajstić information content (AvgIpc) is 2.79. The highest BCUT2D eigenvalue weighted by molar-refractivity contribution is 4.86. The molecule has 0 aliphatic heterocycles. The van der Waals surface area contributed by atoms with E-state index in [9.17, 15) is 0 Å². The van der Waals surface area contributed by atoms with Crippen molar-refractivity contribution in [3.63, 3.8) is 0 Å². The van der Waals surface area contributed by atoms with Crippen LogP contribution in [0.25, 0.3) is 0 Å². The van der Waals surface area contributed by atoms with Crippen LogP contribution in [0.4, 0.5) is 0 Å². The van der Waals surface area contributed by atoms with Gasteiger partial charge >= 0.3 is 0 Å². The van der Waals surface area contributed by atoms with E-state index >= 15 is 0 Å². The van der Waals surface area contributed by atoms with Crippen LogP contribution in [0.2, 0.25) is 0 Å². The van der Waals surface area contributed by atoms with Gasteiger partial charge in [-0.15, -0.1) is 0 Å². The lowest BCUT2D eigenvalue weighted by Crippen LogP contribution is -2.42. The first-order valence-electron chi connectivity index (χ1n) is 7.20. The monoisotopic (exact) mass is 226 g/mol. The third kappa shape index (κ3) is 3.46. The maximum Gasteiger partial charge on any atom is 0.0135 e. The van der Waals surface area contributed by atoms with Gasteiger partial charge < -0.3 is 10.6 Å². The van der Waals surface area contributed by atoms with Gasteiger partial charge in [0.15, 0.2) is 0 Å². The third-order valence-corrected chi connectivity index (χ3v) is 4.44. The molecule has 1 saturated carbocycles. The largest absolute Gasteiger partial charge is 0.330 e. The predicted octanol–water partition coefficient (Wildman–Crippen LogP) is 2.87. The lowest BCUT2D eigenvalue weighted by molar-refractivity contribution is 0.141. The van der Waals surface area contributed by atoms with Crippen LogP contribution >= 0.6 is 0 Å². The standard InChI is InChI=1S/C14H30N2/c1-4-12(5-2)11-16(6-3)14-9-7-8-13(14)10-15/h12-14H,4-11,15H2,1-3H3. The molecule has 0 bridgehead atoms. The molecule has 96 valence electrons. The highest BCUT2D eigenvalue weighted by Gasteiger charge is 2.30. The van der Waals surface area contributed by atoms with Gasteiger partial charge in [0.1, 0.15) is 0 Å². The zero-order chi connectivity index (χ0) is 12.0. The molecular weight excluding hydrogens is 196 g/mol. The summed E-state index contributed by atoms with van der Waals surface area (Å²) in [5.41, 5.74) is 5.89. The molecule has 0 aromatic carbocycles. The van der Waals surface area contributed by atoms with E-state index in [4.69, 9.17) is 5.73 Å². The van der Waals surface area contributed by atoms with Crippen molar-refractivity contribution >= 4 is 0 Å². The summed E-state index contributed by atoms with van der Waals surface area (Å²) in [6, 6.07) is 0.774.